The van der Waals surface area contributed by atoms with Gasteiger partial charge in [-0.3, -0.25) is 0 Å². The molecule has 2 atom stereocenters. The molecule has 0 aromatic heterocycles. The van der Waals surface area contributed by atoms with E-state index in [1.54, 1.807) is 0 Å². The molecule has 144 valence electrons. The maximum atomic E-state index is 12.1. The summed E-state index contributed by atoms with van der Waals surface area (Å²) < 4.78 is 5.45. The van der Waals surface area contributed by atoms with Crippen molar-refractivity contribution in [3.05, 3.63) is 34.9 Å². The summed E-state index contributed by atoms with van der Waals surface area (Å²) >= 11 is 6.34. The van der Waals surface area contributed by atoms with E-state index < -0.39 is 6.09 Å². The Morgan fingerprint density at radius 3 is 3.00 bits per heavy atom. The van der Waals surface area contributed by atoms with Gasteiger partial charge in [0.2, 0.25) is 0 Å². The lowest BCUT2D eigenvalue weighted by Crippen LogP contribution is -2.36. The minimum Gasteiger partial charge on any atom is -0.409 e. The molecule has 0 saturated carbocycles. The maximum Gasteiger partial charge on any atom is 0.412 e. The van der Waals surface area contributed by atoms with Crippen LogP contribution >= 0.6 is 11.6 Å². The predicted octanol–water partition coefficient (Wildman–Crippen LogP) is 5.20. The number of amides is 1. The molecule has 1 aliphatic carbocycles. The first-order valence-electron chi connectivity index (χ1n) is 9.97. The highest BCUT2D eigenvalue weighted by Gasteiger charge is 2.41. The highest BCUT2D eigenvalue weighted by Crippen LogP contribution is 2.43. The summed E-state index contributed by atoms with van der Waals surface area (Å²) in [4.78, 5) is 19.2. The molecule has 5 nitrogen and oxygen atoms in total. The Labute approximate surface area is 165 Å². The van der Waals surface area contributed by atoms with E-state index in [-0.39, 0.29) is 0 Å². The van der Waals surface area contributed by atoms with Crippen LogP contribution < -0.4 is 10.1 Å². The fraction of sp³-hybridized carbons (Fsp3) is 0.524. The zero-order valence-electron chi connectivity index (χ0n) is 15.7. The number of carbonyl (C=O) groups is 1. The minimum absolute atomic E-state index is 0.400. The van der Waals surface area contributed by atoms with Crippen molar-refractivity contribution < 1.29 is 9.53 Å². The lowest BCUT2D eigenvalue weighted by Gasteiger charge is -2.31. The lowest BCUT2D eigenvalue weighted by atomic mass is 10.1. The number of hydrogen-bond acceptors (Lipinski definition) is 4. The molecular weight excluding hydrogens is 362 g/mol. The number of amidine groups is 1. The summed E-state index contributed by atoms with van der Waals surface area (Å²) in [7, 11) is 0. The Bertz CT molecular complexity index is 790. The summed E-state index contributed by atoms with van der Waals surface area (Å²) in [5.74, 6) is 1.97. The normalized spacial score (nSPS) is 21.7. The van der Waals surface area contributed by atoms with Gasteiger partial charge in [-0.2, -0.15) is 0 Å². The lowest BCUT2D eigenvalue weighted by molar-refractivity contribution is 0.200. The molecule has 2 unspecified atom stereocenters. The third kappa shape index (κ3) is 3.84. The average Bonchev–Trinajstić information content (AvgIpc) is 3.26. The van der Waals surface area contributed by atoms with E-state index in [0.29, 0.717) is 29.3 Å². The van der Waals surface area contributed by atoms with Gasteiger partial charge < -0.3 is 15.0 Å². The van der Waals surface area contributed by atoms with Crippen molar-refractivity contribution in [2.24, 2.45) is 10.9 Å². The van der Waals surface area contributed by atoms with Crippen LogP contribution in [0.2, 0.25) is 5.02 Å². The number of hydrogen-bond donors (Lipinski definition) is 1. The number of nitrogens with one attached hydrogen (secondary N) is 1. The molecule has 1 amide bonds. The largest absolute Gasteiger partial charge is 0.412 e. The van der Waals surface area contributed by atoms with Gasteiger partial charge in [-0.1, -0.05) is 56.4 Å². The van der Waals surface area contributed by atoms with Crippen LogP contribution in [-0.2, 0) is 6.54 Å². The van der Waals surface area contributed by atoms with Crippen molar-refractivity contribution in [1.82, 2.24) is 10.2 Å². The topological polar surface area (TPSA) is 53.9 Å². The molecule has 1 aromatic rings. The van der Waals surface area contributed by atoms with Gasteiger partial charge in [0, 0.05) is 30.6 Å². The number of aliphatic imine (C=N–C) groups is 1. The molecule has 2 heterocycles. The first-order valence-corrected chi connectivity index (χ1v) is 10.3. The van der Waals surface area contributed by atoms with Crippen molar-refractivity contribution in [3.63, 3.8) is 0 Å². The standard InChI is InChI=1S/C21H26ClN3O2/c1-2-3-4-5-6-9-23-21(26)27-19-11-15-13-25-16-8-7-14(10-16)20(25)24-18(15)12-17(19)22/h7-8,11-12,14,16H,2-6,9-10,13H2,1H3,(H,23,26). The average molecular weight is 388 g/mol. The fourth-order valence-corrected chi connectivity index (χ4v) is 4.28. The Kier molecular flexibility index (Phi) is 5.39. The first kappa shape index (κ1) is 18.4. The van der Waals surface area contributed by atoms with Crippen LogP contribution in [0.15, 0.2) is 29.3 Å². The van der Waals surface area contributed by atoms with Crippen LogP contribution in [0.25, 0.3) is 0 Å². The molecular formula is C21H26ClN3O2. The smallest absolute Gasteiger partial charge is 0.409 e. The van der Waals surface area contributed by atoms with Crippen LogP contribution in [0.1, 0.15) is 51.0 Å². The van der Waals surface area contributed by atoms with E-state index in [2.05, 4.69) is 29.3 Å². The van der Waals surface area contributed by atoms with Gasteiger partial charge in [0.25, 0.3) is 0 Å². The van der Waals surface area contributed by atoms with E-state index in [4.69, 9.17) is 21.3 Å². The zero-order chi connectivity index (χ0) is 18.8. The molecule has 1 fully saturated rings. The van der Waals surface area contributed by atoms with Crippen molar-refractivity contribution in [1.29, 1.82) is 0 Å². The SMILES string of the molecule is CCCCCCCNC(=O)Oc1cc2c(cc1Cl)N=C1C3C=CC(C3)N1C2. The van der Waals surface area contributed by atoms with Crippen LogP contribution in [0.5, 0.6) is 5.75 Å². The van der Waals surface area contributed by atoms with Crippen LogP contribution in [0.4, 0.5) is 10.5 Å². The van der Waals surface area contributed by atoms with Crippen molar-refractivity contribution in [2.75, 3.05) is 6.54 Å². The van der Waals surface area contributed by atoms with E-state index >= 15 is 0 Å². The van der Waals surface area contributed by atoms with Gasteiger partial charge in [-0.25, -0.2) is 9.79 Å². The minimum atomic E-state index is -0.449. The summed E-state index contributed by atoms with van der Waals surface area (Å²) in [6.45, 7) is 3.60. The van der Waals surface area contributed by atoms with Crippen LogP contribution in [0, 0.1) is 5.92 Å². The Balaban J connectivity index is 1.36. The van der Waals surface area contributed by atoms with Crippen molar-refractivity contribution in [2.45, 2.75) is 58.0 Å². The number of rotatable bonds is 7. The fourth-order valence-electron chi connectivity index (χ4n) is 4.09. The molecule has 6 heteroatoms. The van der Waals surface area contributed by atoms with E-state index in [9.17, 15) is 4.79 Å². The molecule has 2 aliphatic heterocycles. The molecule has 1 N–H and O–H groups in total. The van der Waals surface area contributed by atoms with Crippen LogP contribution in [-0.4, -0.2) is 29.4 Å². The van der Waals surface area contributed by atoms with Gasteiger partial charge in [0.1, 0.15) is 5.84 Å². The molecule has 4 rings (SSSR count). The Morgan fingerprint density at radius 1 is 1.30 bits per heavy atom. The third-order valence-electron chi connectivity index (χ3n) is 5.55. The number of benzene rings is 1. The molecule has 0 radical (unpaired) electrons. The summed E-state index contributed by atoms with van der Waals surface area (Å²) in [6.07, 6.45) is 10.9. The zero-order valence-corrected chi connectivity index (χ0v) is 16.5. The second-order valence-corrected chi connectivity index (χ2v) is 7.94. The van der Waals surface area contributed by atoms with Gasteiger partial charge in [-0.05, 0) is 25.0 Å². The molecule has 27 heavy (non-hydrogen) atoms. The van der Waals surface area contributed by atoms with Gasteiger partial charge in [0.15, 0.2) is 5.75 Å². The maximum absolute atomic E-state index is 12.1. The van der Waals surface area contributed by atoms with E-state index in [0.717, 1.165) is 42.9 Å². The van der Waals surface area contributed by atoms with Crippen LogP contribution in [0.3, 0.4) is 0 Å². The number of ether oxygens (including phenoxy) is 1. The van der Waals surface area contributed by atoms with Crippen molar-refractivity contribution >= 4 is 29.2 Å². The summed E-state index contributed by atoms with van der Waals surface area (Å²) in [6, 6.07) is 4.11. The summed E-state index contributed by atoms with van der Waals surface area (Å²) in [5, 5.41) is 3.23. The number of unbranched alkanes of at least 4 members (excludes halogenated alkanes) is 4. The summed E-state index contributed by atoms with van der Waals surface area (Å²) in [5.41, 5.74) is 1.93. The molecule has 3 aliphatic rings. The number of halogens is 1. The second kappa shape index (κ2) is 7.93. The van der Waals surface area contributed by atoms with E-state index in [1.807, 2.05) is 12.1 Å². The van der Waals surface area contributed by atoms with Gasteiger partial charge in [0.05, 0.1) is 10.7 Å². The highest BCUT2D eigenvalue weighted by molar-refractivity contribution is 6.32. The monoisotopic (exact) mass is 387 g/mol. The Morgan fingerprint density at radius 2 is 2.15 bits per heavy atom. The molecule has 1 aromatic carbocycles. The molecule has 1 saturated heterocycles. The predicted molar refractivity (Wildman–Crippen MR) is 108 cm³/mol. The third-order valence-corrected chi connectivity index (χ3v) is 5.84. The number of fused-ring (bicyclic) bond motifs is 6. The number of carbonyl (C=O) groups excluding carboxylic acids is 1. The quantitative estimate of drug-likeness (QED) is 0.516. The van der Waals surface area contributed by atoms with Gasteiger partial charge in [-0.15, -0.1) is 0 Å². The first-order chi connectivity index (χ1) is 13.2. The molecule has 2 bridgehead atoms. The van der Waals surface area contributed by atoms with Crippen molar-refractivity contribution in [3.8, 4) is 5.75 Å². The second-order valence-electron chi connectivity index (χ2n) is 7.53. The number of nitrogens with zero attached hydrogens (tertiary/aromatic N) is 2. The Hall–Kier alpha value is -2.01. The highest BCUT2D eigenvalue weighted by atomic mass is 35.5. The van der Waals surface area contributed by atoms with Gasteiger partial charge >= 0.3 is 6.09 Å². The molecule has 0 spiro atoms. The van der Waals surface area contributed by atoms with E-state index in [1.165, 1.54) is 19.3 Å².